The molecule has 2 aromatic carbocycles. The van der Waals surface area contributed by atoms with E-state index >= 15 is 0 Å². The third kappa shape index (κ3) is 6.83. The molecule has 0 bridgehead atoms. The van der Waals surface area contributed by atoms with Gasteiger partial charge in [-0.05, 0) is 94.0 Å². The second-order valence-electron chi connectivity index (χ2n) is 11.0. The van der Waals surface area contributed by atoms with E-state index in [9.17, 15) is 26.4 Å². The maximum Gasteiger partial charge on any atom is 0.501 e. The Balaban J connectivity index is 1.03. The van der Waals surface area contributed by atoms with Gasteiger partial charge in [-0.3, -0.25) is 4.79 Å². The number of ether oxygens (including phenoxy) is 1. The number of hydrogen-bond donors (Lipinski definition) is 1. The topological polar surface area (TPSA) is 88.6 Å². The Morgan fingerprint density at radius 2 is 1.66 bits per heavy atom. The molecule has 0 atom stereocenters. The van der Waals surface area contributed by atoms with Crippen LogP contribution in [-0.4, -0.2) is 56.5 Å². The van der Waals surface area contributed by atoms with Crippen molar-refractivity contribution in [3.63, 3.8) is 0 Å². The van der Waals surface area contributed by atoms with Crippen molar-refractivity contribution in [2.24, 2.45) is 5.92 Å². The highest BCUT2D eigenvalue weighted by molar-refractivity contribution is 7.92. The van der Waals surface area contributed by atoms with E-state index in [1.165, 1.54) is 17.7 Å². The van der Waals surface area contributed by atoms with Gasteiger partial charge in [0.1, 0.15) is 12.4 Å². The number of carbonyl (C=O) groups is 1. The Morgan fingerprint density at radius 3 is 2.32 bits per heavy atom. The second-order valence-corrected chi connectivity index (χ2v) is 12.9. The molecule has 0 unspecified atom stereocenters. The molecule has 2 fully saturated rings. The molecule has 0 amide bonds. The van der Waals surface area contributed by atoms with E-state index in [4.69, 9.17) is 9.72 Å². The summed E-state index contributed by atoms with van der Waals surface area (Å²) in [5.41, 5.74) is -2.59. The molecule has 220 valence electrons. The number of fused-ring (bicyclic) bond motifs is 1. The minimum atomic E-state index is -5.36. The number of piperidine rings is 1. The number of nitrogens with zero attached hydrogens (tertiary/aromatic N) is 2. The molecule has 1 aliphatic heterocycles. The number of Topliss-reactive ketones (excluding diaryl/α,β-unsaturated/α-hetero) is 1. The Morgan fingerprint density at radius 1 is 0.976 bits per heavy atom. The van der Waals surface area contributed by atoms with Crippen LogP contribution >= 0.6 is 0 Å². The Bertz CT molecular complexity index is 1480. The first-order chi connectivity index (χ1) is 19.5. The van der Waals surface area contributed by atoms with Crippen molar-refractivity contribution >= 4 is 38.0 Å². The van der Waals surface area contributed by atoms with Gasteiger partial charge in [0.05, 0.1) is 16.5 Å². The molecule has 0 radical (unpaired) electrons. The van der Waals surface area contributed by atoms with Gasteiger partial charge in [0, 0.05) is 36.1 Å². The molecule has 1 aromatic heterocycles. The van der Waals surface area contributed by atoms with Gasteiger partial charge in [0.25, 0.3) is 9.84 Å². The Kier molecular flexibility index (Phi) is 8.56. The number of hydrogen-bond acceptors (Lipinski definition) is 7. The van der Waals surface area contributed by atoms with E-state index in [1.54, 1.807) is 0 Å². The van der Waals surface area contributed by atoms with Crippen molar-refractivity contribution in [3.05, 3.63) is 60.2 Å². The quantitative estimate of drug-likeness (QED) is 0.342. The standard InChI is InChI=1S/C30H34F3N3O4S/c1-20-2-12-27-22(18-20)3-13-29(35-27)36-16-14-21(15-17-36)28(37)19-40-25-8-4-23(5-9-25)34-24-6-10-26(11-7-24)41(38,39)30(31,32)33/h2-3,6-7,10-13,18,21,23,25,34H,4-5,8-9,14-17,19H2,1H3/t23-,25-. The van der Waals surface area contributed by atoms with E-state index in [1.807, 2.05) is 12.1 Å². The molecule has 1 aliphatic carbocycles. The number of aromatic nitrogens is 1. The Hall–Kier alpha value is -3.18. The third-order valence-electron chi connectivity index (χ3n) is 8.08. The number of alkyl halides is 3. The molecular formula is C30H34F3N3O4S. The SMILES string of the molecule is Cc1ccc2nc(N3CCC(C(=O)CO[C@H]4CC[C@H](Nc5ccc(S(=O)(=O)C(F)(F)F)cc5)CC4)CC3)ccc2c1. The number of pyridine rings is 1. The summed E-state index contributed by atoms with van der Waals surface area (Å²) in [6.07, 6.45) is 4.61. The van der Waals surface area contributed by atoms with Gasteiger partial charge in [-0.2, -0.15) is 13.2 Å². The molecule has 41 heavy (non-hydrogen) atoms. The van der Waals surface area contributed by atoms with Crippen molar-refractivity contribution in [1.82, 2.24) is 4.98 Å². The summed E-state index contributed by atoms with van der Waals surface area (Å²) >= 11 is 0. The van der Waals surface area contributed by atoms with Crippen LogP contribution in [0.15, 0.2) is 59.5 Å². The lowest BCUT2D eigenvalue weighted by atomic mass is 9.91. The zero-order valence-electron chi connectivity index (χ0n) is 22.9. The molecule has 11 heteroatoms. The van der Waals surface area contributed by atoms with E-state index in [2.05, 4.69) is 35.3 Å². The first kappa shape index (κ1) is 29.3. The maximum atomic E-state index is 12.9. The highest BCUT2D eigenvalue weighted by Gasteiger charge is 2.46. The summed E-state index contributed by atoms with van der Waals surface area (Å²) in [5, 5.41) is 4.38. The maximum absolute atomic E-state index is 12.9. The van der Waals surface area contributed by atoms with Crippen LogP contribution in [0.2, 0.25) is 0 Å². The average Bonchev–Trinajstić information content (AvgIpc) is 2.96. The lowest BCUT2D eigenvalue weighted by molar-refractivity contribution is -0.130. The van der Waals surface area contributed by atoms with Crippen LogP contribution in [0.25, 0.3) is 10.9 Å². The number of halogens is 3. The molecule has 1 saturated carbocycles. The van der Waals surface area contributed by atoms with Crippen LogP contribution in [0.5, 0.6) is 0 Å². The molecule has 3 aromatic rings. The van der Waals surface area contributed by atoms with E-state index in [-0.39, 0.29) is 30.5 Å². The molecule has 1 N–H and O–H groups in total. The first-order valence-corrected chi connectivity index (χ1v) is 15.4. The predicted octanol–water partition coefficient (Wildman–Crippen LogP) is 6.06. The summed E-state index contributed by atoms with van der Waals surface area (Å²) in [5.74, 6) is 1.06. The first-order valence-electron chi connectivity index (χ1n) is 13.9. The third-order valence-corrected chi connectivity index (χ3v) is 9.58. The van der Waals surface area contributed by atoms with Crippen LogP contribution in [0.3, 0.4) is 0 Å². The molecule has 1 saturated heterocycles. The minimum Gasteiger partial charge on any atom is -0.382 e. The van der Waals surface area contributed by atoms with Crippen molar-refractivity contribution in [2.45, 2.75) is 68.0 Å². The fraction of sp³-hybridized carbons (Fsp3) is 0.467. The van der Waals surface area contributed by atoms with Gasteiger partial charge >= 0.3 is 5.51 Å². The monoisotopic (exact) mass is 589 g/mol. The second kappa shape index (κ2) is 12.0. The number of benzene rings is 2. The molecular weight excluding hydrogens is 555 g/mol. The van der Waals surface area contributed by atoms with Crippen molar-refractivity contribution in [3.8, 4) is 0 Å². The van der Waals surface area contributed by atoms with Gasteiger partial charge in [-0.1, -0.05) is 11.6 Å². The fourth-order valence-corrected chi connectivity index (χ4v) is 6.39. The van der Waals surface area contributed by atoms with Crippen molar-refractivity contribution in [2.75, 3.05) is 29.9 Å². The zero-order chi connectivity index (χ0) is 29.2. The summed E-state index contributed by atoms with van der Waals surface area (Å²) in [6.45, 7) is 3.73. The average molecular weight is 590 g/mol. The van der Waals surface area contributed by atoms with Gasteiger partial charge in [-0.15, -0.1) is 0 Å². The highest BCUT2D eigenvalue weighted by atomic mass is 32.2. The molecule has 5 rings (SSSR count). The Labute approximate surface area is 238 Å². The van der Waals surface area contributed by atoms with Crippen LogP contribution in [0.4, 0.5) is 24.7 Å². The summed E-state index contributed by atoms with van der Waals surface area (Å²) in [6, 6.07) is 15.1. The van der Waals surface area contributed by atoms with Crippen LogP contribution in [0, 0.1) is 12.8 Å². The van der Waals surface area contributed by atoms with Crippen LogP contribution < -0.4 is 10.2 Å². The highest BCUT2D eigenvalue weighted by Crippen LogP contribution is 2.32. The lowest BCUT2D eigenvalue weighted by Crippen LogP contribution is -2.38. The molecule has 0 spiro atoms. The van der Waals surface area contributed by atoms with Crippen molar-refractivity contribution in [1.29, 1.82) is 0 Å². The van der Waals surface area contributed by atoms with Gasteiger partial charge in [-0.25, -0.2) is 13.4 Å². The normalized spacial score (nSPS) is 20.7. The zero-order valence-corrected chi connectivity index (χ0v) is 23.7. The molecule has 2 aliphatic rings. The minimum absolute atomic E-state index is 0.0122. The fourth-order valence-electron chi connectivity index (χ4n) is 5.63. The van der Waals surface area contributed by atoms with Crippen molar-refractivity contribution < 1.29 is 31.1 Å². The number of carbonyl (C=O) groups excluding carboxylic acids is 1. The van der Waals surface area contributed by atoms with Crippen LogP contribution in [0.1, 0.15) is 44.1 Å². The smallest absolute Gasteiger partial charge is 0.382 e. The molecule has 7 nitrogen and oxygen atoms in total. The number of aryl methyl sites for hydroxylation is 1. The summed E-state index contributed by atoms with van der Waals surface area (Å²) < 4.78 is 67.3. The molecule has 2 heterocycles. The van der Waals surface area contributed by atoms with Gasteiger partial charge < -0.3 is 15.0 Å². The predicted molar refractivity (Wildman–Crippen MR) is 152 cm³/mol. The van der Waals surface area contributed by atoms with Gasteiger partial charge in [0.15, 0.2) is 5.78 Å². The number of nitrogens with one attached hydrogen (secondary N) is 1. The summed E-state index contributed by atoms with van der Waals surface area (Å²) in [7, 11) is -5.36. The number of anilines is 2. The van der Waals surface area contributed by atoms with E-state index in [0.29, 0.717) is 5.69 Å². The van der Waals surface area contributed by atoms with Crippen LogP contribution in [-0.2, 0) is 19.4 Å². The number of ketones is 1. The largest absolute Gasteiger partial charge is 0.501 e. The van der Waals surface area contributed by atoms with E-state index < -0.39 is 20.2 Å². The van der Waals surface area contributed by atoms with Gasteiger partial charge in [0.2, 0.25) is 0 Å². The number of rotatable bonds is 8. The van der Waals surface area contributed by atoms with E-state index in [0.717, 1.165) is 80.5 Å². The number of sulfone groups is 1. The lowest BCUT2D eigenvalue weighted by Gasteiger charge is -2.33. The summed E-state index contributed by atoms with van der Waals surface area (Å²) in [4.78, 5) is 19.1.